The van der Waals surface area contributed by atoms with Crippen LogP contribution in [0.4, 0.5) is 0 Å². The van der Waals surface area contributed by atoms with Gasteiger partial charge in [-0.15, -0.1) is 11.3 Å². The average molecular weight is 314 g/mol. The van der Waals surface area contributed by atoms with Gasteiger partial charge in [0.25, 0.3) is 10.0 Å². The number of fused-ring (bicyclic) bond motifs is 2. The van der Waals surface area contributed by atoms with E-state index in [-0.39, 0.29) is 6.04 Å². The first-order valence-electron chi connectivity index (χ1n) is 7.41. The zero-order chi connectivity index (χ0) is 14.2. The Hall–Kier alpha value is -0.430. The van der Waals surface area contributed by atoms with Crippen molar-refractivity contribution in [2.45, 2.75) is 49.4 Å². The summed E-state index contributed by atoms with van der Waals surface area (Å²) in [6.45, 7) is 4.58. The normalized spacial score (nSPS) is 26.4. The van der Waals surface area contributed by atoms with Crippen molar-refractivity contribution in [3.63, 3.8) is 0 Å². The van der Waals surface area contributed by atoms with Crippen molar-refractivity contribution in [3.8, 4) is 0 Å². The minimum absolute atomic E-state index is 0.258. The average Bonchev–Trinajstić information content (AvgIpc) is 3.15. The molecule has 4 nitrogen and oxygen atoms in total. The van der Waals surface area contributed by atoms with Crippen molar-refractivity contribution in [2.24, 2.45) is 5.92 Å². The summed E-state index contributed by atoms with van der Waals surface area (Å²) in [5.74, 6) is 0.598. The minimum atomic E-state index is -3.26. The molecule has 1 saturated heterocycles. The number of rotatable bonds is 6. The van der Waals surface area contributed by atoms with Crippen LogP contribution < -0.4 is 5.32 Å². The van der Waals surface area contributed by atoms with E-state index in [2.05, 4.69) is 12.2 Å². The molecule has 2 fully saturated rings. The summed E-state index contributed by atoms with van der Waals surface area (Å²) in [5.41, 5.74) is 1.08. The third-order valence-corrected chi connectivity index (χ3v) is 7.69. The first-order chi connectivity index (χ1) is 9.61. The summed E-state index contributed by atoms with van der Waals surface area (Å²) in [5, 5.41) is 5.27. The zero-order valence-corrected chi connectivity index (χ0v) is 13.5. The van der Waals surface area contributed by atoms with Crippen LogP contribution in [0.15, 0.2) is 15.7 Å². The van der Waals surface area contributed by atoms with Crippen LogP contribution in [-0.4, -0.2) is 31.9 Å². The van der Waals surface area contributed by atoms with Crippen molar-refractivity contribution < 1.29 is 8.42 Å². The van der Waals surface area contributed by atoms with Crippen molar-refractivity contribution in [3.05, 3.63) is 17.0 Å². The monoisotopic (exact) mass is 314 g/mol. The number of sulfonamides is 1. The molecule has 2 bridgehead atoms. The molecule has 1 aromatic heterocycles. The molecule has 2 atom stereocenters. The van der Waals surface area contributed by atoms with Gasteiger partial charge in [-0.2, -0.15) is 4.31 Å². The van der Waals surface area contributed by atoms with Gasteiger partial charge in [-0.05, 0) is 55.2 Å². The highest BCUT2D eigenvalue weighted by Gasteiger charge is 2.44. The van der Waals surface area contributed by atoms with E-state index < -0.39 is 10.0 Å². The van der Waals surface area contributed by atoms with Crippen molar-refractivity contribution >= 4 is 21.4 Å². The third kappa shape index (κ3) is 2.66. The molecule has 0 radical (unpaired) electrons. The third-order valence-electron chi connectivity index (χ3n) is 4.31. The second kappa shape index (κ2) is 5.75. The molecule has 6 heteroatoms. The van der Waals surface area contributed by atoms with Gasteiger partial charge in [0.15, 0.2) is 0 Å². The van der Waals surface area contributed by atoms with E-state index in [1.54, 1.807) is 4.31 Å². The number of hydrogen-bond acceptors (Lipinski definition) is 4. The van der Waals surface area contributed by atoms with Crippen molar-refractivity contribution in [2.75, 3.05) is 13.1 Å². The van der Waals surface area contributed by atoms with Gasteiger partial charge in [-0.3, -0.25) is 0 Å². The van der Waals surface area contributed by atoms with Gasteiger partial charge in [-0.25, -0.2) is 8.42 Å². The van der Waals surface area contributed by atoms with Crippen LogP contribution in [0.3, 0.4) is 0 Å². The first-order valence-corrected chi connectivity index (χ1v) is 9.73. The zero-order valence-electron chi connectivity index (χ0n) is 11.8. The Morgan fingerprint density at radius 1 is 1.45 bits per heavy atom. The van der Waals surface area contributed by atoms with Gasteiger partial charge in [0.05, 0.1) is 0 Å². The van der Waals surface area contributed by atoms with Gasteiger partial charge < -0.3 is 5.32 Å². The Morgan fingerprint density at radius 3 is 2.95 bits per heavy atom. The first kappa shape index (κ1) is 14.5. The van der Waals surface area contributed by atoms with Crippen LogP contribution >= 0.6 is 11.3 Å². The van der Waals surface area contributed by atoms with Crippen LogP contribution in [-0.2, 0) is 16.6 Å². The van der Waals surface area contributed by atoms with Crippen LogP contribution in [0.1, 0.15) is 38.2 Å². The molecule has 3 rings (SSSR count). The predicted molar refractivity (Wildman–Crippen MR) is 81.3 cm³/mol. The largest absolute Gasteiger partial charge is 0.313 e. The summed E-state index contributed by atoms with van der Waals surface area (Å²) >= 11 is 1.36. The van der Waals surface area contributed by atoms with Crippen LogP contribution in [0.25, 0.3) is 0 Å². The molecule has 1 saturated carbocycles. The van der Waals surface area contributed by atoms with E-state index in [1.807, 2.05) is 11.4 Å². The highest BCUT2D eigenvalue weighted by molar-refractivity contribution is 7.91. The molecule has 0 aromatic carbocycles. The molecule has 20 heavy (non-hydrogen) atoms. The summed E-state index contributed by atoms with van der Waals surface area (Å²) in [6, 6.07) is 2.10. The molecular formula is C14H22N2O2S2. The molecule has 0 spiro atoms. The van der Waals surface area contributed by atoms with Crippen LogP contribution in [0.5, 0.6) is 0 Å². The highest BCUT2D eigenvalue weighted by atomic mass is 32.2. The lowest BCUT2D eigenvalue weighted by Gasteiger charge is -2.25. The molecule has 1 aliphatic heterocycles. The van der Waals surface area contributed by atoms with E-state index in [1.165, 1.54) is 17.8 Å². The summed E-state index contributed by atoms with van der Waals surface area (Å²) in [4.78, 5) is 0. The lowest BCUT2D eigenvalue weighted by Crippen LogP contribution is -2.37. The number of hydrogen-bond donors (Lipinski definition) is 1. The summed E-state index contributed by atoms with van der Waals surface area (Å²) < 4.78 is 27.6. The Balaban J connectivity index is 1.71. The van der Waals surface area contributed by atoms with E-state index in [4.69, 9.17) is 0 Å². The number of nitrogens with zero attached hydrogens (tertiary/aromatic N) is 1. The Morgan fingerprint density at radius 2 is 2.30 bits per heavy atom. The maximum absolute atomic E-state index is 12.7. The standard InChI is InChI=1S/C14H22N2O2S2/c1-2-5-15-8-12-7-14(19-10-12)20(17,18)16-9-11-3-4-13(16)6-11/h7,10-11,13,15H,2-6,8-9H2,1H3. The van der Waals surface area contributed by atoms with E-state index in [0.717, 1.165) is 44.5 Å². The quantitative estimate of drug-likeness (QED) is 0.820. The summed E-state index contributed by atoms with van der Waals surface area (Å²) in [6.07, 6.45) is 4.40. The fraction of sp³-hybridized carbons (Fsp3) is 0.714. The van der Waals surface area contributed by atoms with Gasteiger partial charge in [-0.1, -0.05) is 6.92 Å². The maximum Gasteiger partial charge on any atom is 0.252 e. The van der Waals surface area contributed by atoms with Gasteiger partial charge in [0, 0.05) is 19.1 Å². The van der Waals surface area contributed by atoms with E-state index >= 15 is 0 Å². The molecule has 1 aliphatic carbocycles. The SMILES string of the molecule is CCCNCc1csc(S(=O)(=O)N2CC3CCC2C3)c1. The second-order valence-electron chi connectivity index (χ2n) is 5.86. The highest BCUT2D eigenvalue weighted by Crippen LogP contribution is 2.41. The maximum atomic E-state index is 12.7. The van der Waals surface area contributed by atoms with Crippen molar-refractivity contribution in [1.29, 1.82) is 0 Å². The van der Waals surface area contributed by atoms with E-state index in [9.17, 15) is 8.42 Å². The predicted octanol–water partition coefficient (Wildman–Crippen LogP) is 2.42. The van der Waals surface area contributed by atoms with Crippen LogP contribution in [0.2, 0.25) is 0 Å². The Kier molecular flexibility index (Phi) is 4.17. The number of nitrogens with one attached hydrogen (secondary N) is 1. The molecule has 112 valence electrons. The molecule has 2 unspecified atom stereocenters. The van der Waals surface area contributed by atoms with Gasteiger partial charge in [0.2, 0.25) is 0 Å². The molecule has 0 amide bonds. The minimum Gasteiger partial charge on any atom is -0.313 e. The van der Waals surface area contributed by atoms with Gasteiger partial charge in [0.1, 0.15) is 4.21 Å². The smallest absolute Gasteiger partial charge is 0.252 e. The summed E-state index contributed by atoms with van der Waals surface area (Å²) in [7, 11) is -3.26. The van der Waals surface area contributed by atoms with Crippen LogP contribution in [0, 0.1) is 5.92 Å². The molecular weight excluding hydrogens is 292 g/mol. The Bertz CT molecular complexity index is 567. The topological polar surface area (TPSA) is 49.4 Å². The molecule has 1 N–H and O–H groups in total. The molecule has 2 aliphatic rings. The van der Waals surface area contributed by atoms with E-state index in [0.29, 0.717) is 10.1 Å². The lowest BCUT2D eigenvalue weighted by atomic mass is 10.1. The number of thiophene rings is 1. The second-order valence-corrected chi connectivity index (χ2v) is 8.89. The molecule has 1 aromatic rings. The fourth-order valence-corrected chi connectivity index (χ4v) is 6.36. The lowest BCUT2D eigenvalue weighted by molar-refractivity contribution is 0.334. The Labute approximate surface area is 125 Å². The molecule has 2 heterocycles. The number of piperidine rings is 1. The van der Waals surface area contributed by atoms with Gasteiger partial charge >= 0.3 is 0 Å². The van der Waals surface area contributed by atoms with Crippen molar-refractivity contribution in [1.82, 2.24) is 9.62 Å². The fourth-order valence-electron chi connectivity index (χ4n) is 3.28.